The predicted molar refractivity (Wildman–Crippen MR) is 70.7 cm³/mol. The summed E-state index contributed by atoms with van der Waals surface area (Å²) in [5, 5.41) is 0. The Bertz CT molecular complexity index is 134. The third-order valence-corrected chi connectivity index (χ3v) is 2.68. The summed E-state index contributed by atoms with van der Waals surface area (Å²) in [7, 11) is 0. The van der Waals surface area contributed by atoms with E-state index in [1.165, 1.54) is 19.4 Å². The van der Waals surface area contributed by atoms with E-state index in [2.05, 4.69) is 25.7 Å². The van der Waals surface area contributed by atoms with Gasteiger partial charge in [0, 0.05) is 13.1 Å². The highest BCUT2D eigenvalue weighted by Gasteiger charge is 2.07. The van der Waals surface area contributed by atoms with Crippen LogP contribution >= 0.6 is 0 Å². The summed E-state index contributed by atoms with van der Waals surface area (Å²) in [5.74, 6) is 0.773. The summed E-state index contributed by atoms with van der Waals surface area (Å²) in [6.45, 7) is 12.8. The van der Waals surface area contributed by atoms with Crippen LogP contribution in [0, 0.1) is 5.92 Å². The fraction of sp³-hybridized carbons (Fsp3) is 1.00. The SMILES string of the molecule is CC(C)CCN.CCCCN1CCOCC1. The minimum Gasteiger partial charge on any atom is -0.379 e. The van der Waals surface area contributed by atoms with Crippen LogP contribution in [-0.4, -0.2) is 44.3 Å². The topological polar surface area (TPSA) is 38.5 Å². The van der Waals surface area contributed by atoms with Crippen LogP contribution in [0.5, 0.6) is 0 Å². The van der Waals surface area contributed by atoms with Gasteiger partial charge < -0.3 is 10.5 Å². The molecule has 0 aliphatic carbocycles. The monoisotopic (exact) mass is 230 g/mol. The number of morpholine rings is 1. The van der Waals surface area contributed by atoms with Crippen molar-refractivity contribution in [1.29, 1.82) is 0 Å². The largest absolute Gasteiger partial charge is 0.379 e. The molecule has 0 aromatic heterocycles. The Labute approximate surface area is 101 Å². The zero-order chi connectivity index (χ0) is 12.2. The number of nitrogens with two attached hydrogens (primary N) is 1. The molecule has 0 radical (unpaired) electrons. The Kier molecular flexibility index (Phi) is 11.3. The van der Waals surface area contributed by atoms with E-state index in [0.29, 0.717) is 0 Å². The van der Waals surface area contributed by atoms with Crippen molar-refractivity contribution >= 4 is 0 Å². The molecule has 0 spiro atoms. The average molecular weight is 230 g/mol. The van der Waals surface area contributed by atoms with Crippen LogP contribution in [0.25, 0.3) is 0 Å². The first-order chi connectivity index (χ1) is 7.70. The van der Waals surface area contributed by atoms with Gasteiger partial charge in [-0.2, -0.15) is 0 Å². The highest BCUT2D eigenvalue weighted by molar-refractivity contribution is 4.60. The van der Waals surface area contributed by atoms with E-state index in [0.717, 1.165) is 45.2 Å². The number of nitrogens with zero attached hydrogens (tertiary/aromatic N) is 1. The first-order valence-electron chi connectivity index (χ1n) is 6.70. The maximum atomic E-state index is 5.24. The van der Waals surface area contributed by atoms with Gasteiger partial charge in [0.25, 0.3) is 0 Å². The quantitative estimate of drug-likeness (QED) is 0.786. The number of rotatable bonds is 5. The first-order valence-corrected chi connectivity index (χ1v) is 6.70. The zero-order valence-corrected chi connectivity index (χ0v) is 11.4. The fourth-order valence-corrected chi connectivity index (χ4v) is 1.54. The van der Waals surface area contributed by atoms with E-state index >= 15 is 0 Å². The first kappa shape index (κ1) is 15.9. The molecule has 3 nitrogen and oxygen atoms in total. The van der Waals surface area contributed by atoms with Crippen molar-refractivity contribution in [2.24, 2.45) is 11.7 Å². The third-order valence-electron chi connectivity index (χ3n) is 2.68. The Morgan fingerprint density at radius 2 is 1.88 bits per heavy atom. The van der Waals surface area contributed by atoms with Crippen molar-refractivity contribution in [3.05, 3.63) is 0 Å². The number of hydrogen-bond acceptors (Lipinski definition) is 3. The Balaban J connectivity index is 0.000000325. The standard InChI is InChI=1S/C8H17NO.C5H13N/c1-2-3-4-9-5-7-10-8-6-9;1-5(2)3-4-6/h2-8H2,1H3;5H,3-4,6H2,1-2H3. The Morgan fingerprint density at radius 1 is 1.25 bits per heavy atom. The van der Waals surface area contributed by atoms with E-state index in [9.17, 15) is 0 Å². The molecule has 1 aliphatic rings. The van der Waals surface area contributed by atoms with Crippen molar-refractivity contribution in [3.63, 3.8) is 0 Å². The summed E-state index contributed by atoms with van der Waals surface area (Å²) >= 11 is 0. The van der Waals surface area contributed by atoms with Gasteiger partial charge in [-0.3, -0.25) is 4.90 Å². The third kappa shape index (κ3) is 10.4. The normalized spacial score (nSPS) is 17.1. The molecule has 1 saturated heterocycles. The molecule has 16 heavy (non-hydrogen) atoms. The van der Waals surface area contributed by atoms with Crippen LogP contribution < -0.4 is 5.73 Å². The summed E-state index contributed by atoms with van der Waals surface area (Å²) < 4.78 is 5.24. The van der Waals surface area contributed by atoms with Crippen LogP contribution in [0.4, 0.5) is 0 Å². The van der Waals surface area contributed by atoms with Crippen molar-refractivity contribution in [2.45, 2.75) is 40.0 Å². The molecule has 1 aliphatic heterocycles. The van der Waals surface area contributed by atoms with E-state index in [4.69, 9.17) is 10.5 Å². The van der Waals surface area contributed by atoms with Crippen LogP contribution in [0.2, 0.25) is 0 Å². The van der Waals surface area contributed by atoms with Crippen LogP contribution in [-0.2, 0) is 4.74 Å². The molecule has 2 N–H and O–H groups in total. The molecule has 0 atom stereocenters. The van der Waals surface area contributed by atoms with Gasteiger partial charge in [0.1, 0.15) is 0 Å². The van der Waals surface area contributed by atoms with Crippen LogP contribution in [0.3, 0.4) is 0 Å². The molecule has 1 fully saturated rings. The van der Waals surface area contributed by atoms with Crippen LogP contribution in [0.1, 0.15) is 40.0 Å². The molecule has 0 bridgehead atoms. The minimum atomic E-state index is 0.773. The van der Waals surface area contributed by atoms with Gasteiger partial charge in [-0.15, -0.1) is 0 Å². The maximum Gasteiger partial charge on any atom is 0.0594 e. The fourth-order valence-electron chi connectivity index (χ4n) is 1.54. The molecule has 1 rings (SSSR count). The molecule has 0 saturated carbocycles. The average Bonchev–Trinajstić information content (AvgIpc) is 2.28. The summed E-state index contributed by atoms with van der Waals surface area (Å²) in [6.07, 6.45) is 3.79. The van der Waals surface area contributed by atoms with E-state index in [-0.39, 0.29) is 0 Å². The van der Waals surface area contributed by atoms with Crippen molar-refractivity contribution < 1.29 is 4.74 Å². The highest BCUT2D eigenvalue weighted by Crippen LogP contribution is 1.98. The lowest BCUT2D eigenvalue weighted by Crippen LogP contribution is -2.36. The minimum absolute atomic E-state index is 0.773. The van der Waals surface area contributed by atoms with Crippen molar-refractivity contribution in [3.8, 4) is 0 Å². The smallest absolute Gasteiger partial charge is 0.0594 e. The molecule has 0 aromatic rings. The van der Waals surface area contributed by atoms with Gasteiger partial charge in [0.2, 0.25) is 0 Å². The van der Waals surface area contributed by atoms with Crippen molar-refractivity contribution in [1.82, 2.24) is 4.90 Å². The van der Waals surface area contributed by atoms with E-state index < -0.39 is 0 Å². The van der Waals surface area contributed by atoms with Gasteiger partial charge >= 0.3 is 0 Å². The zero-order valence-electron chi connectivity index (χ0n) is 11.4. The molecular weight excluding hydrogens is 200 g/mol. The number of ether oxygens (including phenoxy) is 1. The maximum absolute atomic E-state index is 5.24. The predicted octanol–water partition coefficient (Wildman–Crippen LogP) is 2.11. The highest BCUT2D eigenvalue weighted by atomic mass is 16.5. The summed E-state index contributed by atoms with van der Waals surface area (Å²) in [4.78, 5) is 2.48. The Morgan fingerprint density at radius 3 is 2.25 bits per heavy atom. The lowest BCUT2D eigenvalue weighted by atomic mass is 10.1. The van der Waals surface area contributed by atoms with Gasteiger partial charge in [-0.1, -0.05) is 27.2 Å². The van der Waals surface area contributed by atoms with Gasteiger partial charge in [-0.05, 0) is 31.8 Å². The van der Waals surface area contributed by atoms with Crippen molar-refractivity contribution in [2.75, 3.05) is 39.4 Å². The molecule has 0 unspecified atom stereocenters. The molecule has 1 heterocycles. The lowest BCUT2D eigenvalue weighted by molar-refractivity contribution is 0.0373. The Hall–Kier alpha value is -0.120. The second-order valence-electron chi connectivity index (χ2n) is 4.78. The molecule has 3 heteroatoms. The van der Waals surface area contributed by atoms with E-state index in [1.807, 2.05) is 0 Å². The molecule has 0 aromatic carbocycles. The summed E-state index contributed by atoms with van der Waals surface area (Å²) in [6, 6.07) is 0. The molecule has 98 valence electrons. The summed E-state index contributed by atoms with van der Waals surface area (Å²) in [5.41, 5.74) is 5.23. The van der Waals surface area contributed by atoms with Gasteiger partial charge in [0.15, 0.2) is 0 Å². The number of unbranched alkanes of at least 4 members (excludes halogenated alkanes) is 1. The van der Waals surface area contributed by atoms with Gasteiger partial charge in [-0.25, -0.2) is 0 Å². The second kappa shape index (κ2) is 11.4. The molecular formula is C13H30N2O. The second-order valence-corrected chi connectivity index (χ2v) is 4.78. The molecule has 0 amide bonds. The van der Waals surface area contributed by atoms with E-state index in [1.54, 1.807) is 0 Å². The number of hydrogen-bond donors (Lipinski definition) is 1. The lowest BCUT2D eigenvalue weighted by Gasteiger charge is -2.26. The van der Waals surface area contributed by atoms with Crippen LogP contribution in [0.15, 0.2) is 0 Å². The van der Waals surface area contributed by atoms with Gasteiger partial charge in [0.05, 0.1) is 13.2 Å².